The number of benzene rings is 1. The van der Waals surface area contributed by atoms with Crippen molar-refractivity contribution in [2.75, 3.05) is 0 Å². The van der Waals surface area contributed by atoms with Crippen LogP contribution in [0.1, 0.15) is 12.0 Å². The topological polar surface area (TPSA) is 9.23 Å². The number of halogens is 5. The summed E-state index contributed by atoms with van der Waals surface area (Å²) < 4.78 is 63.1. The van der Waals surface area contributed by atoms with E-state index in [0.717, 1.165) is 18.2 Å². The van der Waals surface area contributed by atoms with Crippen LogP contribution in [0.4, 0.5) is 22.0 Å². The minimum atomic E-state index is -4.84. The molecule has 0 saturated heterocycles. The van der Waals surface area contributed by atoms with E-state index in [-0.39, 0.29) is 4.90 Å². The molecule has 0 spiro atoms. The third-order valence-electron chi connectivity index (χ3n) is 1.47. The Morgan fingerprint density at radius 2 is 1.80 bits per heavy atom. The molecule has 0 unspecified atom stereocenters. The molecule has 0 N–H and O–H groups in total. The molecule has 15 heavy (non-hydrogen) atoms. The van der Waals surface area contributed by atoms with Gasteiger partial charge in [-0.2, -0.15) is 0 Å². The van der Waals surface area contributed by atoms with E-state index >= 15 is 0 Å². The Morgan fingerprint density at radius 3 is 2.20 bits per heavy atom. The summed E-state index contributed by atoms with van der Waals surface area (Å²) in [6.07, 6.45) is -7.62. The normalized spacial score (nSPS) is 11.9. The van der Waals surface area contributed by atoms with Crippen LogP contribution in [0.2, 0.25) is 0 Å². The lowest BCUT2D eigenvalue weighted by atomic mass is 10.2. The van der Waals surface area contributed by atoms with E-state index in [1.165, 1.54) is 0 Å². The van der Waals surface area contributed by atoms with Gasteiger partial charge < -0.3 is 4.74 Å². The minimum absolute atomic E-state index is 0.244. The number of alkyl halides is 5. The Balaban J connectivity index is 2.92. The number of hydrogen-bond acceptors (Lipinski definition) is 2. The molecule has 0 atom stereocenters. The van der Waals surface area contributed by atoms with Gasteiger partial charge in [-0.05, 0) is 18.2 Å². The number of ether oxygens (including phenoxy) is 1. The molecular formula is C8H5F5OS. The molecule has 1 nitrogen and oxygen atoms in total. The van der Waals surface area contributed by atoms with Crippen LogP contribution < -0.4 is 4.74 Å². The van der Waals surface area contributed by atoms with Gasteiger partial charge in [-0.1, -0.05) is 0 Å². The summed E-state index contributed by atoms with van der Waals surface area (Å²) >= 11 is 3.63. The molecule has 0 radical (unpaired) electrons. The van der Waals surface area contributed by atoms with Crippen molar-refractivity contribution in [3.63, 3.8) is 0 Å². The van der Waals surface area contributed by atoms with Crippen molar-refractivity contribution < 1.29 is 26.7 Å². The van der Waals surface area contributed by atoms with Crippen LogP contribution in [0.15, 0.2) is 23.1 Å². The first-order chi connectivity index (χ1) is 6.79. The molecule has 7 heteroatoms. The molecule has 0 heterocycles. The third kappa shape index (κ3) is 3.58. The highest BCUT2D eigenvalue weighted by Gasteiger charge is 2.31. The van der Waals surface area contributed by atoms with E-state index in [0.29, 0.717) is 0 Å². The summed E-state index contributed by atoms with van der Waals surface area (Å²) in [6, 6.07) is 2.45. The Morgan fingerprint density at radius 1 is 1.20 bits per heavy atom. The summed E-state index contributed by atoms with van der Waals surface area (Å²) in [4.78, 5) is -0.244. The lowest BCUT2D eigenvalue weighted by molar-refractivity contribution is -0.274. The number of rotatable bonds is 2. The van der Waals surface area contributed by atoms with Crippen molar-refractivity contribution in [3.8, 4) is 5.75 Å². The van der Waals surface area contributed by atoms with Crippen LogP contribution in [0, 0.1) is 0 Å². The van der Waals surface area contributed by atoms with E-state index in [2.05, 4.69) is 17.4 Å². The zero-order chi connectivity index (χ0) is 11.6. The molecule has 0 aliphatic carbocycles. The van der Waals surface area contributed by atoms with Crippen LogP contribution in [-0.2, 0) is 0 Å². The van der Waals surface area contributed by atoms with Gasteiger partial charge in [-0.25, -0.2) is 8.78 Å². The molecule has 1 rings (SSSR count). The predicted molar refractivity (Wildman–Crippen MR) is 45.3 cm³/mol. The molecule has 84 valence electrons. The molecule has 0 bridgehead atoms. The van der Waals surface area contributed by atoms with Gasteiger partial charge in [-0.3, -0.25) is 0 Å². The predicted octanol–water partition coefficient (Wildman–Crippen LogP) is 3.81. The standard InChI is InChI=1S/C8H5F5OS/c9-7(10)5-2-1-4(3-6(5)15)14-8(11,12)13/h1-3,7,15H. The maximum Gasteiger partial charge on any atom is 0.573 e. The van der Waals surface area contributed by atoms with Crippen molar-refractivity contribution in [3.05, 3.63) is 23.8 Å². The maximum atomic E-state index is 12.2. The SMILES string of the molecule is FC(F)c1ccc(OC(F)(F)F)cc1S. The Labute approximate surface area is 87.3 Å². The van der Waals surface area contributed by atoms with Crippen molar-refractivity contribution in [2.45, 2.75) is 17.7 Å². The fraction of sp³-hybridized carbons (Fsp3) is 0.250. The zero-order valence-electron chi connectivity index (χ0n) is 7.05. The first kappa shape index (κ1) is 12.1. The Hall–Kier alpha value is -0.980. The van der Waals surface area contributed by atoms with Crippen LogP contribution >= 0.6 is 12.6 Å². The van der Waals surface area contributed by atoms with E-state index in [1.54, 1.807) is 0 Å². The summed E-state index contributed by atoms with van der Waals surface area (Å²) in [6.45, 7) is 0. The fourth-order valence-electron chi connectivity index (χ4n) is 0.905. The largest absolute Gasteiger partial charge is 0.573 e. The fourth-order valence-corrected chi connectivity index (χ4v) is 1.20. The minimum Gasteiger partial charge on any atom is -0.406 e. The van der Waals surface area contributed by atoms with E-state index in [4.69, 9.17) is 0 Å². The first-order valence-electron chi connectivity index (χ1n) is 3.66. The molecule has 0 amide bonds. The Kier molecular flexibility index (Phi) is 3.43. The monoisotopic (exact) mass is 244 g/mol. The second kappa shape index (κ2) is 4.26. The molecule has 1 aromatic carbocycles. The highest BCUT2D eigenvalue weighted by molar-refractivity contribution is 7.80. The van der Waals surface area contributed by atoms with Crippen molar-refractivity contribution in [1.82, 2.24) is 0 Å². The average molecular weight is 244 g/mol. The van der Waals surface area contributed by atoms with Crippen LogP contribution in [0.25, 0.3) is 0 Å². The van der Waals surface area contributed by atoms with Crippen molar-refractivity contribution >= 4 is 12.6 Å². The highest BCUT2D eigenvalue weighted by Crippen LogP contribution is 2.31. The average Bonchev–Trinajstić information content (AvgIpc) is 1.99. The van der Waals surface area contributed by atoms with Gasteiger partial charge in [0.2, 0.25) is 0 Å². The summed E-state index contributed by atoms with van der Waals surface area (Å²) in [5.74, 6) is -0.572. The van der Waals surface area contributed by atoms with Crippen molar-refractivity contribution in [1.29, 1.82) is 0 Å². The van der Waals surface area contributed by atoms with Gasteiger partial charge in [0.05, 0.1) is 0 Å². The van der Waals surface area contributed by atoms with Crippen LogP contribution in [0.5, 0.6) is 5.75 Å². The van der Waals surface area contributed by atoms with E-state index < -0.39 is 24.1 Å². The Bertz CT molecular complexity index is 349. The first-order valence-corrected chi connectivity index (χ1v) is 4.11. The van der Waals surface area contributed by atoms with E-state index in [1.807, 2.05) is 0 Å². The van der Waals surface area contributed by atoms with Gasteiger partial charge in [0.25, 0.3) is 6.43 Å². The highest BCUT2D eigenvalue weighted by atomic mass is 32.1. The molecule has 0 aromatic heterocycles. The molecule has 0 saturated carbocycles. The molecule has 0 fully saturated rings. The lowest BCUT2D eigenvalue weighted by Gasteiger charge is -2.10. The summed E-state index contributed by atoms with van der Waals surface area (Å²) in [5.41, 5.74) is -0.437. The molecular weight excluding hydrogens is 239 g/mol. The second-order valence-electron chi connectivity index (χ2n) is 2.57. The summed E-state index contributed by atoms with van der Waals surface area (Å²) in [5, 5.41) is 0. The maximum absolute atomic E-state index is 12.2. The van der Waals surface area contributed by atoms with E-state index in [9.17, 15) is 22.0 Å². The quantitative estimate of drug-likeness (QED) is 0.614. The lowest BCUT2D eigenvalue weighted by Crippen LogP contribution is -2.17. The molecule has 1 aromatic rings. The van der Waals surface area contributed by atoms with Crippen LogP contribution in [0.3, 0.4) is 0 Å². The van der Waals surface area contributed by atoms with Crippen molar-refractivity contribution in [2.24, 2.45) is 0 Å². The second-order valence-corrected chi connectivity index (χ2v) is 3.05. The van der Waals surface area contributed by atoms with Gasteiger partial charge in [0.1, 0.15) is 5.75 Å². The third-order valence-corrected chi connectivity index (χ3v) is 1.86. The number of hydrogen-bond donors (Lipinski definition) is 1. The molecule has 0 aliphatic rings. The molecule has 0 aliphatic heterocycles. The van der Waals surface area contributed by atoms with Gasteiger partial charge >= 0.3 is 6.36 Å². The smallest absolute Gasteiger partial charge is 0.406 e. The number of thiol groups is 1. The van der Waals surface area contributed by atoms with Gasteiger partial charge in [-0.15, -0.1) is 25.8 Å². The van der Waals surface area contributed by atoms with Gasteiger partial charge in [0.15, 0.2) is 0 Å². The van der Waals surface area contributed by atoms with Gasteiger partial charge in [0, 0.05) is 10.5 Å². The summed E-state index contributed by atoms with van der Waals surface area (Å²) in [7, 11) is 0. The van der Waals surface area contributed by atoms with Crippen LogP contribution in [-0.4, -0.2) is 6.36 Å². The zero-order valence-corrected chi connectivity index (χ0v) is 7.95.